The highest BCUT2D eigenvalue weighted by Gasteiger charge is 2.26. The maximum absolute atomic E-state index is 11.7. The number of benzene rings is 1. The van der Waals surface area contributed by atoms with Gasteiger partial charge in [-0.2, -0.15) is 0 Å². The Labute approximate surface area is 94.7 Å². The summed E-state index contributed by atoms with van der Waals surface area (Å²) in [7, 11) is 0. The van der Waals surface area contributed by atoms with Gasteiger partial charge >= 0.3 is 5.97 Å². The average Bonchev–Trinajstić information content (AvgIpc) is 2.71. The maximum atomic E-state index is 11.7. The monoisotopic (exact) mass is 218 g/mol. The van der Waals surface area contributed by atoms with Crippen molar-refractivity contribution in [1.29, 1.82) is 0 Å². The van der Waals surface area contributed by atoms with Crippen LogP contribution in [0.1, 0.15) is 22.8 Å². The molecule has 3 nitrogen and oxygen atoms in total. The predicted octanol–water partition coefficient (Wildman–Crippen LogP) is 2.35. The molecule has 0 aromatic heterocycles. The Morgan fingerprint density at radius 3 is 3.19 bits per heavy atom. The van der Waals surface area contributed by atoms with Crippen molar-refractivity contribution in [2.75, 3.05) is 6.61 Å². The Bertz CT molecular complexity index is 423. The van der Waals surface area contributed by atoms with Crippen molar-refractivity contribution in [3.05, 3.63) is 42.0 Å². The number of para-hydroxylation sites is 1. The van der Waals surface area contributed by atoms with Gasteiger partial charge in [-0.15, -0.1) is 0 Å². The third kappa shape index (κ3) is 1.81. The number of fused-ring (bicyclic) bond motifs is 1. The number of ether oxygens (including phenoxy) is 2. The van der Waals surface area contributed by atoms with E-state index in [2.05, 4.69) is 6.58 Å². The molecule has 3 heteroatoms. The molecule has 1 unspecified atom stereocenters. The van der Waals surface area contributed by atoms with Gasteiger partial charge in [0.15, 0.2) is 0 Å². The highest BCUT2D eigenvalue weighted by atomic mass is 16.5. The summed E-state index contributed by atoms with van der Waals surface area (Å²) in [6.07, 6.45) is 2.48. The zero-order valence-electron chi connectivity index (χ0n) is 9.23. The number of carbonyl (C=O) groups is 1. The van der Waals surface area contributed by atoms with E-state index in [0.717, 1.165) is 12.0 Å². The number of rotatable bonds is 3. The summed E-state index contributed by atoms with van der Waals surface area (Å²) >= 11 is 0. The lowest BCUT2D eigenvalue weighted by Crippen LogP contribution is -2.10. The molecular formula is C13H14O3. The molecule has 1 atom stereocenters. The van der Waals surface area contributed by atoms with Gasteiger partial charge in [-0.25, -0.2) is 4.79 Å². The molecule has 0 saturated heterocycles. The molecule has 1 aromatic carbocycles. The van der Waals surface area contributed by atoms with Gasteiger partial charge in [-0.3, -0.25) is 0 Å². The molecule has 0 N–H and O–H groups in total. The zero-order chi connectivity index (χ0) is 11.5. The van der Waals surface area contributed by atoms with Crippen LogP contribution in [0.2, 0.25) is 0 Å². The summed E-state index contributed by atoms with van der Waals surface area (Å²) in [6.45, 7) is 5.85. The highest BCUT2D eigenvalue weighted by molar-refractivity contribution is 5.93. The van der Waals surface area contributed by atoms with Gasteiger partial charge in [-0.05, 0) is 18.6 Å². The third-order valence-electron chi connectivity index (χ3n) is 2.55. The van der Waals surface area contributed by atoms with Crippen LogP contribution in [0, 0.1) is 0 Å². The molecule has 0 radical (unpaired) electrons. The SMILES string of the molecule is C=CC1Cc2cccc(C(=O)OCC)c2O1. The third-order valence-corrected chi connectivity index (χ3v) is 2.55. The van der Waals surface area contributed by atoms with Gasteiger partial charge in [0.25, 0.3) is 0 Å². The first-order chi connectivity index (χ1) is 7.76. The average molecular weight is 218 g/mol. The largest absolute Gasteiger partial charge is 0.485 e. The van der Waals surface area contributed by atoms with E-state index in [1.807, 2.05) is 12.1 Å². The van der Waals surface area contributed by atoms with Crippen LogP contribution in [0.4, 0.5) is 0 Å². The van der Waals surface area contributed by atoms with E-state index in [4.69, 9.17) is 9.47 Å². The first-order valence-electron chi connectivity index (χ1n) is 5.34. The second kappa shape index (κ2) is 4.39. The van der Waals surface area contributed by atoms with Crippen molar-refractivity contribution in [1.82, 2.24) is 0 Å². The molecule has 0 spiro atoms. The molecule has 1 aromatic rings. The predicted molar refractivity (Wildman–Crippen MR) is 60.7 cm³/mol. The van der Waals surface area contributed by atoms with Crippen molar-refractivity contribution in [2.45, 2.75) is 19.4 Å². The normalized spacial score (nSPS) is 17.4. The molecule has 1 aliphatic rings. The van der Waals surface area contributed by atoms with Crippen LogP contribution in [-0.4, -0.2) is 18.7 Å². The lowest BCUT2D eigenvalue weighted by Gasteiger charge is -2.08. The van der Waals surface area contributed by atoms with Crippen molar-refractivity contribution < 1.29 is 14.3 Å². The number of hydrogen-bond acceptors (Lipinski definition) is 3. The fraction of sp³-hybridized carbons (Fsp3) is 0.308. The Morgan fingerprint density at radius 1 is 1.69 bits per heavy atom. The molecule has 1 aliphatic heterocycles. The molecule has 16 heavy (non-hydrogen) atoms. The summed E-state index contributed by atoms with van der Waals surface area (Å²) in [4.78, 5) is 11.7. The highest BCUT2D eigenvalue weighted by Crippen LogP contribution is 2.33. The Morgan fingerprint density at radius 2 is 2.50 bits per heavy atom. The van der Waals surface area contributed by atoms with Crippen molar-refractivity contribution in [2.24, 2.45) is 0 Å². The fourth-order valence-corrected chi connectivity index (χ4v) is 1.80. The van der Waals surface area contributed by atoms with Gasteiger partial charge in [0.05, 0.1) is 6.61 Å². The zero-order valence-corrected chi connectivity index (χ0v) is 9.23. The van der Waals surface area contributed by atoms with E-state index in [9.17, 15) is 4.79 Å². The standard InChI is InChI=1S/C13H14O3/c1-3-10-8-9-6-5-7-11(12(9)16-10)13(14)15-4-2/h3,5-7,10H,1,4,8H2,2H3. The van der Waals surface area contributed by atoms with Crippen LogP contribution in [0.15, 0.2) is 30.9 Å². The van der Waals surface area contributed by atoms with E-state index in [1.165, 1.54) is 0 Å². The molecule has 0 amide bonds. The minimum atomic E-state index is -0.330. The van der Waals surface area contributed by atoms with Gasteiger partial charge < -0.3 is 9.47 Å². The van der Waals surface area contributed by atoms with E-state index in [1.54, 1.807) is 19.1 Å². The Balaban J connectivity index is 2.33. The van der Waals surface area contributed by atoms with Crippen LogP contribution in [0.3, 0.4) is 0 Å². The van der Waals surface area contributed by atoms with Gasteiger partial charge in [0.1, 0.15) is 17.4 Å². The van der Waals surface area contributed by atoms with Crippen LogP contribution in [0.5, 0.6) is 5.75 Å². The summed E-state index contributed by atoms with van der Waals surface area (Å²) in [5, 5.41) is 0. The van der Waals surface area contributed by atoms with Gasteiger partial charge in [0, 0.05) is 6.42 Å². The first kappa shape index (κ1) is 10.7. The van der Waals surface area contributed by atoms with Crippen LogP contribution in [0.25, 0.3) is 0 Å². The van der Waals surface area contributed by atoms with E-state index in [-0.39, 0.29) is 12.1 Å². The molecule has 84 valence electrons. The van der Waals surface area contributed by atoms with Crippen LogP contribution >= 0.6 is 0 Å². The molecule has 0 bridgehead atoms. The quantitative estimate of drug-likeness (QED) is 0.577. The molecule has 1 heterocycles. The summed E-state index contributed by atoms with van der Waals surface area (Å²) in [6, 6.07) is 5.53. The summed E-state index contributed by atoms with van der Waals surface area (Å²) in [5.41, 5.74) is 1.54. The van der Waals surface area contributed by atoms with Crippen molar-refractivity contribution >= 4 is 5.97 Å². The van der Waals surface area contributed by atoms with Crippen LogP contribution < -0.4 is 4.74 Å². The van der Waals surface area contributed by atoms with Crippen LogP contribution in [-0.2, 0) is 11.2 Å². The number of carbonyl (C=O) groups excluding carboxylic acids is 1. The second-order valence-electron chi connectivity index (χ2n) is 3.61. The Hall–Kier alpha value is -1.77. The molecular weight excluding hydrogens is 204 g/mol. The second-order valence-corrected chi connectivity index (χ2v) is 3.61. The topological polar surface area (TPSA) is 35.5 Å². The Kier molecular flexibility index (Phi) is 2.95. The van der Waals surface area contributed by atoms with Crippen molar-refractivity contribution in [3.63, 3.8) is 0 Å². The fourth-order valence-electron chi connectivity index (χ4n) is 1.80. The lowest BCUT2D eigenvalue weighted by molar-refractivity contribution is 0.0522. The molecule has 2 rings (SSSR count). The van der Waals surface area contributed by atoms with E-state index >= 15 is 0 Å². The summed E-state index contributed by atoms with van der Waals surface area (Å²) < 4.78 is 10.6. The van der Waals surface area contributed by atoms with E-state index < -0.39 is 0 Å². The smallest absolute Gasteiger partial charge is 0.341 e. The van der Waals surface area contributed by atoms with Gasteiger partial charge in [0.2, 0.25) is 0 Å². The first-order valence-corrected chi connectivity index (χ1v) is 5.34. The minimum absolute atomic E-state index is 0.0365. The van der Waals surface area contributed by atoms with Crippen molar-refractivity contribution in [3.8, 4) is 5.75 Å². The lowest BCUT2D eigenvalue weighted by atomic mass is 10.1. The summed E-state index contributed by atoms with van der Waals surface area (Å²) in [5.74, 6) is 0.315. The minimum Gasteiger partial charge on any atom is -0.485 e. The number of esters is 1. The maximum Gasteiger partial charge on any atom is 0.341 e. The number of hydrogen-bond donors (Lipinski definition) is 0. The molecule has 0 aliphatic carbocycles. The molecule has 0 saturated carbocycles. The molecule has 0 fully saturated rings. The van der Waals surface area contributed by atoms with E-state index in [0.29, 0.717) is 17.9 Å². The van der Waals surface area contributed by atoms with Gasteiger partial charge in [-0.1, -0.05) is 24.8 Å².